The lowest BCUT2D eigenvalue weighted by molar-refractivity contribution is 0.164. The molecule has 2 unspecified atom stereocenters. The average Bonchev–Trinajstić information content (AvgIpc) is 2.44. The fourth-order valence-electron chi connectivity index (χ4n) is 2.38. The second-order valence-corrected chi connectivity index (χ2v) is 5.13. The number of benzene rings is 1. The summed E-state index contributed by atoms with van der Waals surface area (Å²) in [5.74, 6) is 2.19. The molecule has 1 aromatic carbocycles. The van der Waals surface area contributed by atoms with Gasteiger partial charge in [-0.05, 0) is 56.0 Å². The third-order valence-corrected chi connectivity index (χ3v) is 3.68. The molecule has 0 radical (unpaired) electrons. The van der Waals surface area contributed by atoms with Crippen molar-refractivity contribution in [3.05, 3.63) is 29.8 Å². The Morgan fingerprint density at radius 3 is 2.68 bits per heavy atom. The SMILES string of the molecule is CNCC(Cc1cccc(OC)c1)C(C)CCOC. The van der Waals surface area contributed by atoms with Crippen molar-refractivity contribution in [2.45, 2.75) is 19.8 Å². The highest BCUT2D eigenvalue weighted by atomic mass is 16.5. The Bertz CT molecular complexity index is 354. The summed E-state index contributed by atoms with van der Waals surface area (Å²) in [6.45, 7) is 4.17. The Morgan fingerprint density at radius 1 is 1.26 bits per heavy atom. The van der Waals surface area contributed by atoms with E-state index < -0.39 is 0 Å². The minimum Gasteiger partial charge on any atom is -0.497 e. The van der Waals surface area contributed by atoms with Crippen LogP contribution in [-0.4, -0.2) is 34.4 Å². The molecule has 1 rings (SSSR count). The molecule has 0 aliphatic carbocycles. The first kappa shape index (κ1) is 16.0. The van der Waals surface area contributed by atoms with Crippen LogP contribution in [0.1, 0.15) is 18.9 Å². The van der Waals surface area contributed by atoms with Crippen LogP contribution in [-0.2, 0) is 11.2 Å². The van der Waals surface area contributed by atoms with E-state index >= 15 is 0 Å². The van der Waals surface area contributed by atoms with Crippen LogP contribution in [0.15, 0.2) is 24.3 Å². The zero-order chi connectivity index (χ0) is 14.1. The molecule has 1 aromatic rings. The molecule has 0 amide bonds. The van der Waals surface area contributed by atoms with Gasteiger partial charge < -0.3 is 14.8 Å². The fraction of sp³-hybridized carbons (Fsp3) is 0.625. The molecule has 0 aliphatic rings. The lowest BCUT2D eigenvalue weighted by Crippen LogP contribution is -2.27. The van der Waals surface area contributed by atoms with Crippen LogP contribution < -0.4 is 10.1 Å². The smallest absolute Gasteiger partial charge is 0.119 e. The lowest BCUT2D eigenvalue weighted by atomic mass is 9.86. The predicted octanol–water partition coefficient (Wildman–Crippen LogP) is 2.75. The summed E-state index contributed by atoms with van der Waals surface area (Å²) in [6, 6.07) is 8.36. The summed E-state index contributed by atoms with van der Waals surface area (Å²) >= 11 is 0. The summed E-state index contributed by atoms with van der Waals surface area (Å²) in [5.41, 5.74) is 1.34. The second kappa shape index (κ2) is 8.94. The molecule has 0 spiro atoms. The zero-order valence-electron chi connectivity index (χ0n) is 12.6. The first-order valence-electron chi connectivity index (χ1n) is 6.97. The minimum absolute atomic E-state index is 0.618. The Kier molecular flexibility index (Phi) is 7.53. The van der Waals surface area contributed by atoms with Gasteiger partial charge in [0.2, 0.25) is 0 Å². The molecule has 0 saturated heterocycles. The minimum atomic E-state index is 0.618. The van der Waals surface area contributed by atoms with Crippen LogP contribution in [0, 0.1) is 11.8 Å². The van der Waals surface area contributed by atoms with E-state index in [0.717, 1.165) is 31.7 Å². The van der Waals surface area contributed by atoms with Crippen molar-refractivity contribution in [2.24, 2.45) is 11.8 Å². The standard InChI is InChI=1S/C16H27NO2/c1-13(8-9-18-3)15(12-17-2)10-14-6-5-7-16(11-14)19-4/h5-7,11,13,15,17H,8-10,12H2,1-4H3. The van der Waals surface area contributed by atoms with E-state index in [9.17, 15) is 0 Å². The van der Waals surface area contributed by atoms with Crippen molar-refractivity contribution in [2.75, 3.05) is 34.4 Å². The first-order chi connectivity index (χ1) is 9.21. The van der Waals surface area contributed by atoms with Gasteiger partial charge in [0.15, 0.2) is 0 Å². The van der Waals surface area contributed by atoms with Crippen LogP contribution in [0.5, 0.6) is 5.75 Å². The van der Waals surface area contributed by atoms with Crippen molar-refractivity contribution in [1.82, 2.24) is 5.32 Å². The Balaban J connectivity index is 2.65. The molecule has 108 valence electrons. The molecule has 0 aromatic heterocycles. The maximum atomic E-state index is 5.29. The molecule has 0 heterocycles. The van der Waals surface area contributed by atoms with Crippen LogP contribution >= 0.6 is 0 Å². The van der Waals surface area contributed by atoms with E-state index in [-0.39, 0.29) is 0 Å². The molecule has 0 bridgehead atoms. The molecule has 3 nitrogen and oxygen atoms in total. The summed E-state index contributed by atoms with van der Waals surface area (Å²) in [6.07, 6.45) is 2.18. The maximum Gasteiger partial charge on any atom is 0.119 e. The Labute approximate surface area is 117 Å². The highest BCUT2D eigenvalue weighted by Gasteiger charge is 2.17. The molecule has 19 heavy (non-hydrogen) atoms. The lowest BCUT2D eigenvalue weighted by Gasteiger charge is -2.24. The summed E-state index contributed by atoms with van der Waals surface area (Å²) < 4.78 is 10.5. The van der Waals surface area contributed by atoms with Gasteiger partial charge in [-0.3, -0.25) is 0 Å². The fourth-order valence-corrected chi connectivity index (χ4v) is 2.38. The van der Waals surface area contributed by atoms with Gasteiger partial charge >= 0.3 is 0 Å². The van der Waals surface area contributed by atoms with Crippen molar-refractivity contribution in [3.8, 4) is 5.75 Å². The molecule has 0 saturated carbocycles. The van der Waals surface area contributed by atoms with Crippen LogP contribution in [0.3, 0.4) is 0 Å². The first-order valence-corrected chi connectivity index (χ1v) is 6.97. The van der Waals surface area contributed by atoms with Gasteiger partial charge in [0, 0.05) is 13.7 Å². The third-order valence-electron chi connectivity index (χ3n) is 3.68. The quantitative estimate of drug-likeness (QED) is 0.745. The number of ether oxygens (including phenoxy) is 2. The molecule has 0 aliphatic heterocycles. The topological polar surface area (TPSA) is 30.5 Å². The molecular formula is C16H27NO2. The summed E-state index contributed by atoms with van der Waals surface area (Å²) in [4.78, 5) is 0. The van der Waals surface area contributed by atoms with Gasteiger partial charge in [-0.25, -0.2) is 0 Å². The number of methoxy groups -OCH3 is 2. The highest BCUT2D eigenvalue weighted by Crippen LogP contribution is 2.22. The molecule has 3 heteroatoms. The Morgan fingerprint density at radius 2 is 2.05 bits per heavy atom. The number of nitrogens with one attached hydrogen (secondary N) is 1. The van der Waals surface area contributed by atoms with Gasteiger partial charge in [-0.1, -0.05) is 19.1 Å². The van der Waals surface area contributed by atoms with Crippen molar-refractivity contribution in [3.63, 3.8) is 0 Å². The second-order valence-electron chi connectivity index (χ2n) is 5.13. The van der Waals surface area contributed by atoms with E-state index in [2.05, 4.69) is 30.4 Å². The van der Waals surface area contributed by atoms with Crippen molar-refractivity contribution in [1.29, 1.82) is 0 Å². The molecule has 2 atom stereocenters. The third kappa shape index (κ3) is 5.62. The predicted molar refractivity (Wildman–Crippen MR) is 79.8 cm³/mol. The van der Waals surface area contributed by atoms with Crippen molar-refractivity contribution >= 4 is 0 Å². The van der Waals surface area contributed by atoms with E-state index in [0.29, 0.717) is 11.8 Å². The molecule has 0 fully saturated rings. The van der Waals surface area contributed by atoms with Crippen molar-refractivity contribution < 1.29 is 9.47 Å². The number of hydrogen-bond donors (Lipinski definition) is 1. The van der Waals surface area contributed by atoms with Crippen LogP contribution in [0.2, 0.25) is 0 Å². The van der Waals surface area contributed by atoms with Gasteiger partial charge in [0.05, 0.1) is 7.11 Å². The molecular weight excluding hydrogens is 238 g/mol. The van der Waals surface area contributed by atoms with E-state index in [1.54, 1.807) is 14.2 Å². The largest absolute Gasteiger partial charge is 0.497 e. The van der Waals surface area contributed by atoms with E-state index in [4.69, 9.17) is 9.47 Å². The van der Waals surface area contributed by atoms with Gasteiger partial charge in [-0.2, -0.15) is 0 Å². The van der Waals surface area contributed by atoms with E-state index in [1.807, 2.05) is 13.1 Å². The summed E-state index contributed by atoms with van der Waals surface area (Å²) in [5, 5.41) is 3.30. The number of hydrogen-bond acceptors (Lipinski definition) is 3. The molecule has 1 N–H and O–H groups in total. The highest BCUT2D eigenvalue weighted by molar-refractivity contribution is 5.28. The normalized spacial score (nSPS) is 14.1. The zero-order valence-corrected chi connectivity index (χ0v) is 12.6. The Hall–Kier alpha value is -1.06. The van der Waals surface area contributed by atoms with Crippen LogP contribution in [0.4, 0.5) is 0 Å². The van der Waals surface area contributed by atoms with Gasteiger partial charge in [0.25, 0.3) is 0 Å². The summed E-state index contributed by atoms with van der Waals surface area (Å²) in [7, 11) is 5.49. The van der Waals surface area contributed by atoms with Gasteiger partial charge in [-0.15, -0.1) is 0 Å². The number of rotatable bonds is 9. The monoisotopic (exact) mass is 265 g/mol. The maximum absolute atomic E-state index is 5.29. The van der Waals surface area contributed by atoms with Crippen LogP contribution in [0.25, 0.3) is 0 Å². The van der Waals surface area contributed by atoms with E-state index in [1.165, 1.54) is 5.56 Å². The average molecular weight is 265 g/mol. The van der Waals surface area contributed by atoms with Gasteiger partial charge in [0.1, 0.15) is 5.75 Å².